The van der Waals surface area contributed by atoms with Crippen molar-refractivity contribution in [1.29, 1.82) is 0 Å². The highest BCUT2D eigenvalue weighted by Crippen LogP contribution is 2.07. The minimum absolute atomic E-state index is 0.132. The maximum atomic E-state index is 11.5. The third kappa shape index (κ3) is 4.11. The van der Waals surface area contributed by atoms with Crippen LogP contribution in [0.25, 0.3) is 0 Å². The first-order valence-electron chi connectivity index (χ1n) is 6.09. The van der Waals surface area contributed by atoms with Crippen LogP contribution >= 0.6 is 0 Å². The number of carbonyl (C=O) groups is 1. The molecule has 2 amide bonds. The fourth-order valence-electron chi connectivity index (χ4n) is 1.98. The fourth-order valence-corrected chi connectivity index (χ4v) is 1.98. The highest BCUT2D eigenvalue weighted by Gasteiger charge is 2.13. The summed E-state index contributed by atoms with van der Waals surface area (Å²) in [5.41, 5.74) is 0. The molecule has 1 aromatic rings. The molecule has 0 aliphatic carbocycles. The summed E-state index contributed by atoms with van der Waals surface area (Å²) in [6.07, 6.45) is 3.98. The van der Waals surface area contributed by atoms with Gasteiger partial charge in [0.2, 0.25) is 0 Å². The molecule has 1 saturated heterocycles. The van der Waals surface area contributed by atoms with Gasteiger partial charge in [0.25, 0.3) is 0 Å². The summed E-state index contributed by atoms with van der Waals surface area (Å²) in [7, 11) is 0. The van der Waals surface area contributed by atoms with E-state index in [-0.39, 0.29) is 6.03 Å². The number of amides is 2. The monoisotopic (exact) mass is 237 g/mol. The van der Waals surface area contributed by atoms with Crippen molar-refractivity contribution in [3.63, 3.8) is 0 Å². The second-order valence-electron chi connectivity index (χ2n) is 4.36. The van der Waals surface area contributed by atoms with E-state index in [4.69, 9.17) is 4.42 Å². The summed E-state index contributed by atoms with van der Waals surface area (Å²) in [6.45, 7) is 3.26. The molecular weight excluding hydrogens is 218 g/mol. The number of rotatable bonds is 4. The lowest BCUT2D eigenvalue weighted by atomic mass is 10.00. The SMILES string of the molecule is O=C(NCc1ccco1)NCC1CCCNC1. The van der Waals surface area contributed by atoms with Crippen LogP contribution in [0.5, 0.6) is 0 Å². The molecule has 0 aromatic carbocycles. The molecule has 1 aromatic heterocycles. The van der Waals surface area contributed by atoms with Crippen molar-refractivity contribution in [2.24, 2.45) is 5.92 Å². The Hall–Kier alpha value is -1.49. The van der Waals surface area contributed by atoms with Crippen LogP contribution < -0.4 is 16.0 Å². The van der Waals surface area contributed by atoms with Crippen LogP contribution in [-0.4, -0.2) is 25.7 Å². The Morgan fingerprint density at radius 2 is 2.47 bits per heavy atom. The summed E-state index contributed by atoms with van der Waals surface area (Å²) >= 11 is 0. The summed E-state index contributed by atoms with van der Waals surface area (Å²) in [4.78, 5) is 11.5. The van der Waals surface area contributed by atoms with Crippen molar-refractivity contribution in [2.45, 2.75) is 19.4 Å². The Labute approximate surface area is 101 Å². The molecule has 1 atom stereocenters. The normalized spacial score (nSPS) is 19.9. The maximum absolute atomic E-state index is 11.5. The minimum atomic E-state index is -0.132. The van der Waals surface area contributed by atoms with Crippen molar-refractivity contribution in [2.75, 3.05) is 19.6 Å². The average Bonchev–Trinajstić information content (AvgIpc) is 2.88. The van der Waals surface area contributed by atoms with Gasteiger partial charge >= 0.3 is 6.03 Å². The zero-order chi connectivity index (χ0) is 11.9. The second kappa shape index (κ2) is 6.30. The summed E-state index contributed by atoms with van der Waals surface area (Å²) in [6, 6.07) is 3.51. The quantitative estimate of drug-likeness (QED) is 0.734. The number of urea groups is 1. The zero-order valence-corrected chi connectivity index (χ0v) is 9.87. The Kier molecular flexibility index (Phi) is 4.44. The number of carbonyl (C=O) groups excluding carboxylic acids is 1. The van der Waals surface area contributed by atoms with E-state index < -0.39 is 0 Å². The molecule has 0 saturated carbocycles. The highest BCUT2D eigenvalue weighted by molar-refractivity contribution is 5.73. The maximum Gasteiger partial charge on any atom is 0.315 e. The van der Waals surface area contributed by atoms with Gasteiger partial charge in [-0.05, 0) is 44.0 Å². The number of hydrogen-bond donors (Lipinski definition) is 3. The molecule has 1 fully saturated rings. The van der Waals surface area contributed by atoms with Crippen LogP contribution in [-0.2, 0) is 6.54 Å². The van der Waals surface area contributed by atoms with E-state index >= 15 is 0 Å². The molecular formula is C12H19N3O2. The van der Waals surface area contributed by atoms with E-state index in [1.807, 2.05) is 12.1 Å². The van der Waals surface area contributed by atoms with E-state index in [1.165, 1.54) is 12.8 Å². The molecule has 3 N–H and O–H groups in total. The Morgan fingerprint density at radius 1 is 1.53 bits per heavy atom. The van der Waals surface area contributed by atoms with E-state index in [1.54, 1.807) is 6.26 Å². The van der Waals surface area contributed by atoms with Crippen LogP contribution in [0.15, 0.2) is 22.8 Å². The lowest BCUT2D eigenvalue weighted by Crippen LogP contribution is -2.41. The lowest BCUT2D eigenvalue weighted by Gasteiger charge is -2.22. The molecule has 0 radical (unpaired) electrons. The second-order valence-corrected chi connectivity index (χ2v) is 4.36. The van der Waals surface area contributed by atoms with Crippen LogP contribution in [0.1, 0.15) is 18.6 Å². The van der Waals surface area contributed by atoms with Gasteiger partial charge in [-0.3, -0.25) is 0 Å². The molecule has 1 unspecified atom stereocenters. The average molecular weight is 237 g/mol. The first-order chi connectivity index (χ1) is 8.34. The number of hydrogen-bond acceptors (Lipinski definition) is 3. The van der Waals surface area contributed by atoms with Crippen LogP contribution in [0.3, 0.4) is 0 Å². The van der Waals surface area contributed by atoms with Crippen LogP contribution in [0.4, 0.5) is 4.79 Å². The summed E-state index contributed by atoms with van der Waals surface area (Å²) < 4.78 is 5.13. The van der Waals surface area contributed by atoms with Crippen molar-refractivity contribution in [3.05, 3.63) is 24.2 Å². The van der Waals surface area contributed by atoms with Crippen molar-refractivity contribution < 1.29 is 9.21 Å². The van der Waals surface area contributed by atoms with Gasteiger partial charge in [-0.2, -0.15) is 0 Å². The first-order valence-corrected chi connectivity index (χ1v) is 6.09. The van der Waals surface area contributed by atoms with E-state index in [9.17, 15) is 4.79 Å². The summed E-state index contributed by atoms with van der Waals surface area (Å²) in [5.74, 6) is 1.32. The summed E-state index contributed by atoms with van der Waals surface area (Å²) in [5, 5.41) is 8.97. The van der Waals surface area contributed by atoms with Gasteiger partial charge in [0.15, 0.2) is 0 Å². The minimum Gasteiger partial charge on any atom is -0.467 e. The van der Waals surface area contributed by atoms with Gasteiger partial charge in [0.05, 0.1) is 12.8 Å². The number of piperidine rings is 1. The molecule has 2 rings (SSSR count). The van der Waals surface area contributed by atoms with Gasteiger partial charge in [0.1, 0.15) is 5.76 Å². The number of nitrogens with one attached hydrogen (secondary N) is 3. The molecule has 5 heteroatoms. The van der Waals surface area contributed by atoms with Crippen LogP contribution in [0, 0.1) is 5.92 Å². The molecule has 0 bridgehead atoms. The van der Waals surface area contributed by atoms with Crippen LogP contribution in [0.2, 0.25) is 0 Å². The van der Waals surface area contributed by atoms with E-state index in [0.29, 0.717) is 12.5 Å². The predicted octanol–water partition coefficient (Wildman–Crippen LogP) is 1.08. The van der Waals surface area contributed by atoms with Gasteiger partial charge < -0.3 is 20.4 Å². The fraction of sp³-hybridized carbons (Fsp3) is 0.583. The highest BCUT2D eigenvalue weighted by atomic mass is 16.3. The zero-order valence-electron chi connectivity index (χ0n) is 9.87. The molecule has 5 nitrogen and oxygen atoms in total. The third-order valence-electron chi connectivity index (χ3n) is 2.95. The van der Waals surface area contributed by atoms with Crippen molar-refractivity contribution in [3.8, 4) is 0 Å². The smallest absolute Gasteiger partial charge is 0.315 e. The van der Waals surface area contributed by atoms with Crippen molar-refractivity contribution >= 4 is 6.03 Å². The largest absolute Gasteiger partial charge is 0.467 e. The third-order valence-corrected chi connectivity index (χ3v) is 2.95. The first kappa shape index (κ1) is 12.0. The lowest BCUT2D eigenvalue weighted by molar-refractivity contribution is 0.235. The Balaban J connectivity index is 1.60. The molecule has 2 heterocycles. The molecule has 94 valence electrons. The van der Waals surface area contributed by atoms with Gasteiger partial charge in [-0.15, -0.1) is 0 Å². The van der Waals surface area contributed by atoms with E-state index in [2.05, 4.69) is 16.0 Å². The number of furan rings is 1. The van der Waals surface area contributed by atoms with Gasteiger partial charge in [-0.1, -0.05) is 0 Å². The predicted molar refractivity (Wildman–Crippen MR) is 64.5 cm³/mol. The standard InChI is InChI=1S/C12H19N3O2/c16-12(15-9-11-4-2-6-17-11)14-8-10-3-1-5-13-7-10/h2,4,6,10,13H,1,3,5,7-9H2,(H2,14,15,16). The van der Waals surface area contributed by atoms with Gasteiger partial charge in [-0.25, -0.2) is 4.79 Å². The van der Waals surface area contributed by atoms with Gasteiger partial charge in [0, 0.05) is 6.54 Å². The topological polar surface area (TPSA) is 66.3 Å². The Bertz CT molecular complexity index is 332. The molecule has 17 heavy (non-hydrogen) atoms. The Morgan fingerprint density at radius 3 is 3.18 bits per heavy atom. The van der Waals surface area contributed by atoms with Crippen molar-refractivity contribution in [1.82, 2.24) is 16.0 Å². The molecule has 1 aliphatic rings. The molecule has 0 spiro atoms. The van der Waals surface area contributed by atoms with E-state index in [0.717, 1.165) is 25.4 Å². The molecule has 1 aliphatic heterocycles.